The molecule has 1 aliphatic heterocycles. The molecule has 0 saturated heterocycles. The van der Waals surface area contributed by atoms with Gasteiger partial charge in [-0.3, -0.25) is 9.10 Å². The molecular weight excluding hydrogens is 400 g/mol. The van der Waals surface area contributed by atoms with Crippen LogP contribution >= 0.6 is 0 Å². The van der Waals surface area contributed by atoms with Gasteiger partial charge in [0.2, 0.25) is 15.9 Å². The second kappa shape index (κ2) is 8.00. The van der Waals surface area contributed by atoms with Gasteiger partial charge in [0.05, 0.1) is 17.5 Å². The molecule has 1 aliphatic rings. The lowest BCUT2D eigenvalue weighted by molar-refractivity contribution is -0.116. The van der Waals surface area contributed by atoms with Crippen LogP contribution < -0.4 is 19.1 Å². The number of carboxylic acid groups (broad SMARTS) is 1. The Labute approximate surface area is 167 Å². The largest absolute Gasteiger partial charge is 0.486 e. The van der Waals surface area contributed by atoms with Crippen molar-refractivity contribution in [3.8, 4) is 11.5 Å². The summed E-state index contributed by atoms with van der Waals surface area (Å²) >= 11 is 0. The Balaban J connectivity index is 1.85. The monoisotopic (exact) mass is 420 g/mol. The van der Waals surface area contributed by atoms with Crippen LogP contribution in [0.2, 0.25) is 0 Å². The van der Waals surface area contributed by atoms with Gasteiger partial charge in [-0.1, -0.05) is 0 Å². The summed E-state index contributed by atoms with van der Waals surface area (Å²) in [5.74, 6) is -0.755. The fourth-order valence-electron chi connectivity index (χ4n) is 2.92. The number of ether oxygens (including phenoxy) is 2. The summed E-state index contributed by atoms with van der Waals surface area (Å²) in [6.07, 6.45) is 1.01. The molecule has 1 amide bonds. The Morgan fingerprint density at radius 3 is 2.28 bits per heavy atom. The summed E-state index contributed by atoms with van der Waals surface area (Å²) in [7, 11) is -3.80. The predicted octanol–water partition coefficient (Wildman–Crippen LogP) is 1.95. The van der Waals surface area contributed by atoms with Crippen molar-refractivity contribution in [2.75, 3.05) is 29.1 Å². The number of sulfonamides is 1. The van der Waals surface area contributed by atoms with Crippen molar-refractivity contribution in [2.24, 2.45) is 0 Å². The third-order valence-corrected chi connectivity index (χ3v) is 5.51. The zero-order chi connectivity index (χ0) is 21.2. The number of carboxylic acids is 1. The molecule has 0 fully saturated rings. The number of fused-ring (bicyclic) bond motifs is 1. The van der Waals surface area contributed by atoms with Crippen LogP contribution in [-0.4, -0.2) is 50.9 Å². The van der Waals surface area contributed by atoms with Gasteiger partial charge in [-0.15, -0.1) is 0 Å². The number of carbonyl (C=O) groups excluding carboxylic acids is 1. The van der Waals surface area contributed by atoms with Crippen LogP contribution in [0.15, 0.2) is 42.5 Å². The first-order valence-electron chi connectivity index (χ1n) is 8.70. The zero-order valence-electron chi connectivity index (χ0n) is 15.8. The molecule has 0 saturated carbocycles. The van der Waals surface area contributed by atoms with Gasteiger partial charge < -0.3 is 19.9 Å². The molecule has 29 heavy (non-hydrogen) atoms. The van der Waals surface area contributed by atoms with E-state index in [0.29, 0.717) is 30.4 Å². The van der Waals surface area contributed by atoms with Gasteiger partial charge in [-0.25, -0.2) is 13.2 Å². The average molecular weight is 420 g/mol. The molecule has 0 unspecified atom stereocenters. The van der Waals surface area contributed by atoms with Gasteiger partial charge in [-0.05, 0) is 43.3 Å². The maximum Gasteiger partial charge on any atom is 0.335 e. The van der Waals surface area contributed by atoms with Gasteiger partial charge in [0, 0.05) is 11.8 Å². The summed E-state index contributed by atoms with van der Waals surface area (Å²) < 4.78 is 36.8. The minimum absolute atomic E-state index is 0.0742. The maximum atomic E-state index is 12.7. The van der Waals surface area contributed by atoms with Crippen LogP contribution in [0.25, 0.3) is 0 Å². The second-order valence-electron chi connectivity index (χ2n) is 6.43. The van der Waals surface area contributed by atoms with E-state index in [0.717, 1.165) is 10.6 Å². The normalized spacial score (nSPS) is 14.0. The molecule has 0 bridgehead atoms. The first-order chi connectivity index (χ1) is 13.7. The molecule has 1 atom stereocenters. The first-order valence-corrected chi connectivity index (χ1v) is 10.5. The Bertz CT molecular complexity index is 1040. The molecule has 9 nitrogen and oxygen atoms in total. The van der Waals surface area contributed by atoms with E-state index in [1.807, 2.05) is 0 Å². The molecule has 2 aromatic carbocycles. The topological polar surface area (TPSA) is 122 Å². The van der Waals surface area contributed by atoms with Crippen LogP contribution in [0, 0.1) is 0 Å². The van der Waals surface area contributed by atoms with Crippen LogP contribution in [-0.2, 0) is 14.8 Å². The third-order valence-electron chi connectivity index (χ3n) is 4.27. The van der Waals surface area contributed by atoms with Gasteiger partial charge in [0.15, 0.2) is 11.5 Å². The summed E-state index contributed by atoms with van der Waals surface area (Å²) in [5.41, 5.74) is 0.688. The predicted molar refractivity (Wildman–Crippen MR) is 106 cm³/mol. The number of amides is 1. The lowest BCUT2D eigenvalue weighted by atomic mass is 10.2. The number of benzene rings is 2. The molecule has 0 aromatic heterocycles. The molecule has 3 rings (SSSR count). The highest BCUT2D eigenvalue weighted by Crippen LogP contribution is 2.35. The fourth-order valence-corrected chi connectivity index (χ4v) is 4.09. The molecule has 0 aliphatic carbocycles. The van der Waals surface area contributed by atoms with Crippen molar-refractivity contribution in [3.05, 3.63) is 48.0 Å². The molecule has 2 aromatic rings. The molecule has 0 spiro atoms. The minimum Gasteiger partial charge on any atom is -0.486 e. The average Bonchev–Trinajstić information content (AvgIpc) is 2.67. The quantitative estimate of drug-likeness (QED) is 0.732. The van der Waals surface area contributed by atoms with Crippen molar-refractivity contribution in [3.63, 3.8) is 0 Å². The molecule has 10 heteroatoms. The van der Waals surface area contributed by atoms with Crippen LogP contribution in [0.1, 0.15) is 17.3 Å². The number of hydrogen-bond acceptors (Lipinski definition) is 6. The van der Waals surface area contributed by atoms with Crippen molar-refractivity contribution in [1.29, 1.82) is 0 Å². The molecule has 0 radical (unpaired) electrons. The number of nitrogens with one attached hydrogen (secondary N) is 1. The van der Waals surface area contributed by atoms with E-state index in [9.17, 15) is 18.0 Å². The molecule has 2 N–H and O–H groups in total. The van der Waals surface area contributed by atoms with E-state index < -0.39 is 27.9 Å². The van der Waals surface area contributed by atoms with Crippen molar-refractivity contribution < 1.29 is 32.6 Å². The summed E-state index contributed by atoms with van der Waals surface area (Å²) in [5, 5.41) is 11.5. The van der Waals surface area contributed by atoms with Gasteiger partial charge in [0.1, 0.15) is 19.3 Å². The van der Waals surface area contributed by atoms with E-state index in [-0.39, 0.29) is 11.3 Å². The van der Waals surface area contributed by atoms with Crippen LogP contribution in [0.5, 0.6) is 11.5 Å². The van der Waals surface area contributed by atoms with E-state index in [2.05, 4.69) is 5.32 Å². The minimum atomic E-state index is -3.80. The summed E-state index contributed by atoms with van der Waals surface area (Å²) in [6.45, 7) is 2.21. The molecule has 1 heterocycles. The van der Waals surface area contributed by atoms with Crippen molar-refractivity contribution in [1.82, 2.24) is 0 Å². The Morgan fingerprint density at radius 2 is 1.69 bits per heavy atom. The Morgan fingerprint density at radius 1 is 1.07 bits per heavy atom. The Hall–Kier alpha value is -3.27. The van der Waals surface area contributed by atoms with Crippen LogP contribution in [0.4, 0.5) is 11.4 Å². The number of carbonyl (C=O) groups is 2. The lowest BCUT2D eigenvalue weighted by Gasteiger charge is -2.29. The van der Waals surface area contributed by atoms with Gasteiger partial charge in [-0.2, -0.15) is 0 Å². The van der Waals surface area contributed by atoms with Crippen molar-refractivity contribution in [2.45, 2.75) is 13.0 Å². The van der Waals surface area contributed by atoms with Crippen molar-refractivity contribution >= 4 is 33.3 Å². The van der Waals surface area contributed by atoms with E-state index in [1.54, 1.807) is 12.1 Å². The fraction of sp³-hybridized carbons (Fsp3) is 0.263. The number of rotatable bonds is 6. The number of anilines is 2. The van der Waals surface area contributed by atoms with Gasteiger partial charge >= 0.3 is 5.97 Å². The SMILES string of the molecule is C[C@@H](C(=O)Nc1ccc(C(=O)O)cc1)N(c1ccc2c(c1)OCCO2)S(C)(=O)=O. The number of nitrogens with zero attached hydrogens (tertiary/aromatic N) is 1. The van der Waals surface area contributed by atoms with E-state index in [4.69, 9.17) is 14.6 Å². The smallest absolute Gasteiger partial charge is 0.335 e. The van der Waals surface area contributed by atoms with Gasteiger partial charge in [0.25, 0.3) is 0 Å². The number of aromatic carboxylic acids is 1. The first kappa shape index (κ1) is 20.5. The lowest BCUT2D eigenvalue weighted by Crippen LogP contribution is -2.45. The maximum absolute atomic E-state index is 12.7. The molecular formula is C19H20N2O7S. The van der Waals surface area contributed by atoms with Crippen LogP contribution in [0.3, 0.4) is 0 Å². The van der Waals surface area contributed by atoms with E-state index in [1.165, 1.54) is 37.3 Å². The zero-order valence-corrected chi connectivity index (χ0v) is 16.6. The van der Waals surface area contributed by atoms with E-state index >= 15 is 0 Å². The number of hydrogen-bond donors (Lipinski definition) is 2. The standard InChI is InChI=1S/C19H20N2O7S/c1-12(18(22)20-14-5-3-13(4-6-14)19(23)24)21(29(2,25)26)15-7-8-16-17(11-15)28-10-9-27-16/h3-8,11-12H,9-10H2,1-2H3,(H,20,22)(H,23,24)/t12-/m0/s1. The highest BCUT2D eigenvalue weighted by Gasteiger charge is 2.30. The third kappa shape index (κ3) is 4.60. The second-order valence-corrected chi connectivity index (χ2v) is 8.29. The summed E-state index contributed by atoms with van der Waals surface area (Å²) in [4.78, 5) is 23.6. The highest BCUT2D eigenvalue weighted by molar-refractivity contribution is 7.92. The Kier molecular flexibility index (Phi) is 5.64. The summed E-state index contributed by atoms with van der Waals surface area (Å²) in [6, 6.07) is 9.13. The molecule has 154 valence electrons. The highest BCUT2D eigenvalue weighted by atomic mass is 32.2.